The van der Waals surface area contributed by atoms with Crippen molar-refractivity contribution in [3.05, 3.63) is 0 Å². The largest absolute Gasteiger partial charge is 0.479 e. The van der Waals surface area contributed by atoms with Gasteiger partial charge in [-0.05, 0) is 0 Å². The lowest BCUT2D eigenvalue weighted by atomic mass is 10.5. The van der Waals surface area contributed by atoms with E-state index >= 15 is 0 Å². The van der Waals surface area contributed by atoms with Crippen LogP contribution < -0.4 is 11.1 Å². The van der Waals surface area contributed by atoms with Gasteiger partial charge in [-0.3, -0.25) is 9.59 Å². The topological polar surface area (TPSA) is 119 Å². The Hall–Kier alpha value is -1.63. The van der Waals surface area contributed by atoms with E-state index in [2.05, 4.69) is 10.1 Å². The first kappa shape index (κ1) is 11.4. The molecule has 0 aliphatic heterocycles. The average molecular weight is 190 g/mol. The maximum absolute atomic E-state index is 10.6. The molecule has 0 aliphatic rings. The van der Waals surface area contributed by atoms with E-state index in [1.807, 2.05) is 0 Å². The number of nitrogens with two attached hydrogens (primary N) is 1. The third kappa shape index (κ3) is 6.76. The Bertz CT molecular complexity index is 215. The molecule has 0 spiro atoms. The van der Waals surface area contributed by atoms with Crippen LogP contribution in [0.1, 0.15) is 0 Å². The lowest BCUT2D eigenvalue weighted by Crippen LogP contribution is -2.35. The molecule has 0 saturated carbocycles. The first-order valence-electron chi connectivity index (χ1n) is 3.40. The van der Waals surface area contributed by atoms with Crippen molar-refractivity contribution in [2.24, 2.45) is 5.73 Å². The third-order valence-corrected chi connectivity index (χ3v) is 0.972. The maximum atomic E-state index is 10.6. The summed E-state index contributed by atoms with van der Waals surface area (Å²) in [5, 5.41) is 10.2. The van der Waals surface area contributed by atoms with Crippen LogP contribution in [0, 0.1) is 0 Å². The number of carboxylic acids is 1. The van der Waals surface area contributed by atoms with Crippen LogP contribution in [0.3, 0.4) is 0 Å². The van der Waals surface area contributed by atoms with Gasteiger partial charge in [0, 0.05) is 0 Å². The van der Waals surface area contributed by atoms with Crippen molar-refractivity contribution in [1.82, 2.24) is 5.32 Å². The Morgan fingerprint density at radius 1 is 1.38 bits per heavy atom. The van der Waals surface area contributed by atoms with Gasteiger partial charge in [0.15, 0.2) is 6.61 Å². The molecule has 7 heteroatoms. The number of rotatable bonds is 5. The number of carboxylic acid groups (broad SMARTS) is 1. The molecule has 74 valence electrons. The summed E-state index contributed by atoms with van der Waals surface area (Å²) in [5.74, 6) is -2.57. The van der Waals surface area contributed by atoms with E-state index in [4.69, 9.17) is 10.8 Å². The second kappa shape index (κ2) is 5.95. The van der Waals surface area contributed by atoms with Crippen LogP contribution in [0.5, 0.6) is 0 Å². The standard InChI is InChI=1S/C6H10N2O5/c7-1-4(9)8-2-6(12)13-3-5(10)11/h1-3,7H2,(H,8,9)(H,10,11). The van der Waals surface area contributed by atoms with Gasteiger partial charge < -0.3 is 20.9 Å². The smallest absolute Gasteiger partial charge is 0.341 e. The molecule has 0 bridgehead atoms. The number of carbonyl (C=O) groups is 3. The summed E-state index contributed by atoms with van der Waals surface area (Å²) in [7, 11) is 0. The second-order valence-electron chi connectivity index (χ2n) is 2.04. The summed E-state index contributed by atoms with van der Waals surface area (Å²) in [6.45, 7) is -1.31. The second-order valence-corrected chi connectivity index (χ2v) is 2.04. The molecular weight excluding hydrogens is 180 g/mol. The summed E-state index contributed by atoms with van der Waals surface area (Å²) in [6, 6.07) is 0. The van der Waals surface area contributed by atoms with Crippen LogP contribution >= 0.6 is 0 Å². The number of ether oxygens (including phenoxy) is 1. The normalized spacial score (nSPS) is 9.00. The SMILES string of the molecule is NCC(=O)NCC(=O)OCC(=O)O. The quantitative estimate of drug-likeness (QED) is 0.419. The molecule has 0 saturated heterocycles. The maximum Gasteiger partial charge on any atom is 0.341 e. The Balaban J connectivity index is 3.52. The van der Waals surface area contributed by atoms with E-state index in [0.717, 1.165) is 0 Å². The molecule has 0 atom stereocenters. The van der Waals surface area contributed by atoms with Gasteiger partial charge in [-0.15, -0.1) is 0 Å². The molecule has 7 nitrogen and oxygen atoms in total. The van der Waals surface area contributed by atoms with Crippen LogP contribution in [-0.4, -0.2) is 42.6 Å². The fourth-order valence-electron chi connectivity index (χ4n) is 0.436. The summed E-state index contributed by atoms with van der Waals surface area (Å²) < 4.78 is 4.20. The molecule has 0 unspecified atom stereocenters. The van der Waals surface area contributed by atoms with Crippen LogP contribution in [0.25, 0.3) is 0 Å². The van der Waals surface area contributed by atoms with Crippen molar-refractivity contribution in [1.29, 1.82) is 0 Å². The van der Waals surface area contributed by atoms with Crippen LogP contribution in [0.15, 0.2) is 0 Å². The zero-order valence-electron chi connectivity index (χ0n) is 6.78. The Morgan fingerprint density at radius 2 is 2.00 bits per heavy atom. The molecule has 0 rings (SSSR count). The van der Waals surface area contributed by atoms with Crippen molar-refractivity contribution in [3.8, 4) is 0 Å². The number of amides is 1. The first-order chi connectivity index (χ1) is 6.06. The third-order valence-electron chi connectivity index (χ3n) is 0.972. The van der Waals surface area contributed by atoms with E-state index < -0.39 is 24.5 Å². The summed E-state index contributed by atoms with van der Waals surface area (Å²) in [5.41, 5.74) is 4.92. The average Bonchev–Trinajstić information content (AvgIpc) is 2.10. The monoisotopic (exact) mass is 190 g/mol. The van der Waals surface area contributed by atoms with Gasteiger partial charge in [-0.25, -0.2) is 4.79 Å². The van der Waals surface area contributed by atoms with Crippen molar-refractivity contribution in [3.63, 3.8) is 0 Å². The lowest BCUT2D eigenvalue weighted by molar-refractivity contribution is -0.154. The predicted octanol–water partition coefficient (Wildman–Crippen LogP) is -2.31. The van der Waals surface area contributed by atoms with Gasteiger partial charge >= 0.3 is 11.9 Å². The van der Waals surface area contributed by atoms with Crippen LogP contribution in [-0.2, 0) is 19.1 Å². The number of aliphatic carboxylic acids is 1. The van der Waals surface area contributed by atoms with Crippen LogP contribution in [0.2, 0.25) is 0 Å². The summed E-state index contributed by atoms with van der Waals surface area (Å²) in [6.07, 6.45) is 0. The minimum Gasteiger partial charge on any atom is -0.479 e. The van der Waals surface area contributed by atoms with E-state index in [1.165, 1.54) is 0 Å². The molecule has 0 radical (unpaired) electrons. The number of esters is 1. The molecule has 4 N–H and O–H groups in total. The van der Waals surface area contributed by atoms with Crippen LogP contribution in [0.4, 0.5) is 0 Å². The van der Waals surface area contributed by atoms with E-state index in [1.54, 1.807) is 0 Å². The fraction of sp³-hybridized carbons (Fsp3) is 0.500. The zero-order chi connectivity index (χ0) is 10.3. The van der Waals surface area contributed by atoms with Gasteiger partial charge in [-0.2, -0.15) is 0 Å². The highest BCUT2D eigenvalue weighted by molar-refractivity contribution is 5.83. The van der Waals surface area contributed by atoms with Crippen molar-refractivity contribution in [2.45, 2.75) is 0 Å². The molecule has 0 aromatic rings. The first-order valence-corrected chi connectivity index (χ1v) is 3.40. The molecule has 1 amide bonds. The lowest BCUT2D eigenvalue weighted by Gasteiger charge is -2.02. The summed E-state index contributed by atoms with van der Waals surface area (Å²) in [4.78, 5) is 31.0. The minimum absolute atomic E-state index is 0.230. The Labute approximate surface area is 73.8 Å². The molecule has 0 aromatic carbocycles. The molecule has 0 aliphatic carbocycles. The fourth-order valence-corrected chi connectivity index (χ4v) is 0.436. The van der Waals surface area contributed by atoms with Crippen molar-refractivity contribution >= 4 is 17.8 Å². The van der Waals surface area contributed by atoms with E-state index in [-0.39, 0.29) is 13.1 Å². The number of nitrogens with one attached hydrogen (secondary N) is 1. The molecule has 0 heterocycles. The zero-order valence-corrected chi connectivity index (χ0v) is 6.78. The van der Waals surface area contributed by atoms with Crippen molar-refractivity contribution < 1.29 is 24.2 Å². The molecule has 0 aromatic heterocycles. The number of carbonyl (C=O) groups excluding carboxylic acids is 2. The Kier molecular flexibility index (Phi) is 5.20. The van der Waals surface area contributed by atoms with Gasteiger partial charge in [0.25, 0.3) is 0 Å². The number of hydrogen-bond donors (Lipinski definition) is 3. The minimum atomic E-state index is -1.25. The van der Waals surface area contributed by atoms with E-state index in [9.17, 15) is 14.4 Å². The Morgan fingerprint density at radius 3 is 2.46 bits per heavy atom. The molecule has 13 heavy (non-hydrogen) atoms. The highest BCUT2D eigenvalue weighted by Gasteiger charge is 2.06. The molecular formula is C6H10N2O5. The van der Waals surface area contributed by atoms with Gasteiger partial charge in [-0.1, -0.05) is 0 Å². The highest BCUT2D eigenvalue weighted by Crippen LogP contribution is 1.76. The summed E-state index contributed by atoms with van der Waals surface area (Å²) >= 11 is 0. The van der Waals surface area contributed by atoms with Gasteiger partial charge in [0.2, 0.25) is 5.91 Å². The predicted molar refractivity (Wildman–Crippen MR) is 40.7 cm³/mol. The van der Waals surface area contributed by atoms with Gasteiger partial charge in [0.05, 0.1) is 6.54 Å². The number of hydrogen-bond acceptors (Lipinski definition) is 5. The molecule has 0 fully saturated rings. The van der Waals surface area contributed by atoms with Crippen molar-refractivity contribution in [2.75, 3.05) is 19.7 Å². The van der Waals surface area contributed by atoms with E-state index in [0.29, 0.717) is 0 Å². The highest BCUT2D eigenvalue weighted by atomic mass is 16.5. The van der Waals surface area contributed by atoms with Gasteiger partial charge in [0.1, 0.15) is 6.54 Å².